The van der Waals surface area contributed by atoms with Gasteiger partial charge in [0.15, 0.2) is 5.82 Å². The Bertz CT molecular complexity index is 640. The maximum Gasteiger partial charge on any atom is 0.221 e. The number of benzene rings is 1. The SMILES string of the molecule is NCCCc1nc2n(n1)C(c1cc(F)ccc1F)CCN2. The molecule has 1 atom stereocenters. The lowest BCUT2D eigenvalue weighted by Gasteiger charge is -2.25. The van der Waals surface area contributed by atoms with E-state index in [1.807, 2.05) is 0 Å². The molecule has 0 radical (unpaired) electrons. The van der Waals surface area contributed by atoms with Crippen molar-refractivity contribution >= 4 is 5.95 Å². The lowest BCUT2D eigenvalue weighted by molar-refractivity contribution is 0.450. The molecule has 2 aromatic rings. The number of nitrogens with zero attached hydrogens (tertiary/aromatic N) is 3. The number of aryl methyl sites for hydroxylation is 1. The fraction of sp³-hybridized carbons (Fsp3) is 0.429. The highest BCUT2D eigenvalue weighted by Gasteiger charge is 2.26. The van der Waals surface area contributed by atoms with E-state index in [0.717, 1.165) is 18.6 Å². The van der Waals surface area contributed by atoms with Crippen LogP contribution in [-0.4, -0.2) is 27.9 Å². The van der Waals surface area contributed by atoms with Gasteiger partial charge in [0.25, 0.3) is 0 Å². The summed E-state index contributed by atoms with van der Waals surface area (Å²) >= 11 is 0. The zero-order chi connectivity index (χ0) is 14.8. The second kappa shape index (κ2) is 5.77. The van der Waals surface area contributed by atoms with Gasteiger partial charge < -0.3 is 11.1 Å². The Balaban J connectivity index is 1.96. The topological polar surface area (TPSA) is 68.8 Å². The molecule has 3 N–H and O–H groups in total. The number of rotatable bonds is 4. The molecule has 0 saturated heterocycles. The van der Waals surface area contributed by atoms with Gasteiger partial charge in [0.1, 0.15) is 11.6 Å². The molecule has 112 valence electrons. The van der Waals surface area contributed by atoms with Crippen LogP contribution in [0.15, 0.2) is 18.2 Å². The summed E-state index contributed by atoms with van der Waals surface area (Å²) in [6.45, 7) is 1.22. The third-order valence-corrected chi connectivity index (χ3v) is 3.59. The van der Waals surface area contributed by atoms with E-state index in [1.165, 1.54) is 6.07 Å². The van der Waals surface area contributed by atoms with Crippen molar-refractivity contribution in [3.63, 3.8) is 0 Å². The molecular weight excluding hydrogens is 276 g/mol. The molecule has 0 aliphatic carbocycles. The van der Waals surface area contributed by atoms with E-state index < -0.39 is 11.6 Å². The first-order valence-corrected chi connectivity index (χ1v) is 7.03. The molecule has 5 nitrogen and oxygen atoms in total. The Morgan fingerprint density at radius 3 is 3.05 bits per heavy atom. The highest BCUT2D eigenvalue weighted by molar-refractivity contribution is 5.33. The van der Waals surface area contributed by atoms with Crippen LogP contribution in [0.2, 0.25) is 0 Å². The summed E-state index contributed by atoms with van der Waals surface area (Å²) in [5, 5.41) is 7.55. The van der Waals surface area contributed by atoms with Gasteiger partial charge in [-0.3, -0.25) is 0 Å². The van der Waals surface area contributed by atoms with E-state index in [-0.39, 0.29) is 6.04 Å². The first-order valence-electron chi connectivity index (χ1n) is 7.03. The predicted octanol–water partition coefficient (Wildman–Crippen LogP) is 1.85. The van der Waals surface area contributed by atoms with Gasteiger partial charge in [-0.25, -0.2) is 13.5 Å². The fourth-order valence-electron chi connectivity index (χ4n) is 2.57. The molecule has 1 aromatic carbocycles. The van der Waals surface area contributed by atoms with Crippen LogP contribution in [0.3, 0.4) is 0 Å². The van der Waals surface area contributed by atoms with Gasteiger partial charge in [-0.1, -0.05) is 0 Å². The maximum atomic E-state index is 14.0. The van der Waals surface area contributed by atoms with Crippen molar-refractivity contribution in [2.24, 2.45) is 5.73 Å². The van der Waals surface area contributed by atoms with Gasteiger partial charge in [0.05, 0.1) is 6.04 Å². The molecule has 0 amide bonds. The van der Waals surface area contributed by atoms with Crippen LogP contribution >= 0.6 is 0 Å². The number of hydrogen-bond donors (Lipinski definition) is 2. The third kappa shape index (κ3) is 2.73. The van der Waals surface area contributed by atoms with Crippen molar-refractivity contribution in [2.75, 3.05) is 18.4 Å². The van der Waals surface area contributed by atoms with Gasteiger partial charge in [-0.05, 0) is 37.6 Å². The number of nitrogens with one attached hydrogen (secondary N) is 1. The average molecular weight is 293 g/mol. The first-order chi connectivity index (χ1) is 10.2. The predicted molar refractivity (Wildman–Crippen MR) is 75.0 cm³/mol. The molecule has 0 spiro atoms. The van der Waals surface area contributed by atoms with Crippen LogP contribution in [0, 0.1) is 11.6 Å². The number of nitrogens with two attached hydrogens (primary N) is 1. The highest BCUT2D eigenvalue weighted by atomic mass is 19.1. The summed E-state index contributed by atoms with van der Waals surface area (Å²) in [6.07, 6.45) is 2.10. The largest absolute Gasteiger partial charge is 0.354 e. The molecule has 1 unspecified atom stereocenters. The summed E-state index contributed by atoms with van der Waals surface area (Å²) in [5.41, 5.74) is 5.80. The van der Waals surface area contributed by atoms with Crippen molar-refractivity contribution in [1.82, 2.24) is 14.8 Å². The number of aromatic nitrogens is 3. The third-order valence-electron chi connectivity index (χ3n) is 3.59. The lowest BCUT2D eigenvalue weighted by Crippen LogP contribution is -2.25. The number of fused-ring (bicyclic) bond motifs is 1. The molecule has 3 rings (SSSR count). The van der Waals surface area contributed by atoms with Crippen LogP contribution in [0.5, 0.6) is 0 Å². The molecule has 21 heavy (non-hydrogen) atoms. The Kier molecular flexibility index (Phi) is 3.83. The van der Waals surface area contributed by atoms with Crippen molar-refractivity contribution < 1.29 is 8.78 Å². The second-order valence-corrected chi connectivity index (χ2v) is 5.09. The summed E-state index contributed by atoms with van der Waals surface area (Å²) in [5.74, 6) is 0.400. The zero-order valence-electron chi connectivity index (χ0n) is 11.5. The molecule has 0 fully saturated rings. The average Bonchev–Trinajstić information content (AvgIpc) is 2.90. The monoisotopic (exact) mass is 293 g/mol. The van der Waals surface area contributed by atoms with Crippen LogP contribution in [0.25, 0.3) is 0 Å². The minimum absolute atomic E-state index is 0.313. The molecule has 0 saturated carbocycles. The highest BCUT2D eigenvalue weighted by Crippen LogP contribution is 2.30. The van der Waals surface area contributed by atoms with Crippen LogP contribution in [-0.2, 0) is 6.42 Å². The minimum Gasteiger partial charge on any atom is -0.354 e. The van der Waals surface area contributed by atoms with Crippen molar-refractivity contribution in [1.29, 1.82) is 0 Å². The van der Waals surface area contributed by atoms with E-state index >= 15 is 0 Å². The Morgan fingerprint density at radius 2 is 2.24 bits per heavy atom. The van der Waals surface area contributed by atoms with E-state index in [1.54, 1.807) is 4.68 Å². The lowest BCUT2D eigenvalue weighted by atomic mass is 10.0. The molecule has 2 heterocycles. The van der Waals surface area contributed by atoms with Crippen LogP contribution in [0.1, 0.15) is 30.3 Å². The summed E-state index contributed by atoms with van der Waals surface area (Å²) in [7, 11) is 0. The van der Waals surface area contributed by atoms with Crippen LogP contribution in [0.4, 0.5) is 14.7 Å². The fourth-order valence-corrected chi connectivity index (χ4v) is 2.57. The number of halogens is 2. The van der Waals surface area contributed by atoms with Crippen LogP contribution < -0.4 is 11.1 Å². The van der Waals surface area contributed by atoms with Gasteiger partial charge in [-0.2, -0.15) is 10.1 Å². The molecule has 7 heteroatoms. The zero-order valence-corrected chi connectivity index (χ0v) is 11.5. The standard InChI is InChI=1S/C14H17F2N5/c15-9-3-4-11(16)10(8-9)12-5-7-18-14-19-13(2-1-6-17)20-21(12)14/h3-4,8,12H,1-2,5-7,17H2,(H,18,19,20). The van der Waals surface area contributed by atoms with Crippen molar-refractivity contribution in [3.05, 3.63) is 41.2 Å². The van der Waals surface area contributed by atoms with E-state index in [2.05, 4.69) is 15.4 Å². The normalized spacial score (nSPS) is 17.4. The minimum atomic E-state index is -0.449. The molecule has 1 aliphatic rings. The quantitative estimate of drug-likeness (QED) is 0.902. The number of hydrogen-bond acceptors (Lipinski definition) is 4. The molecule has 0 bridgehead atoms. The van der Waals surface area contributed by atoms with Gasteiger partial charge in [0.2, 0.25) is 5.95 Å². The van der Waals surface area contributed by atoms with Crippen molar-refractivity contribution in [2.45, 2.75) is 25.3 Å². The molecule has 1 aliphatic heterocycles. The van der Waals surface area contributed by atoms with Gasteiger partial charge >= 0.3 is 0 Å². The van der Waals surface area contributed by atoms with Gasteiger partial charge in [-0.15, -0.1) is 0 Å². The Hall–Kier alpha value is -2.02. The second-order valence-electron chi connectivity index (χ2n) is 5.09. The van der Waals surface area contributed by atoms with Crippen molar-refractivity contribution in [3.8, 4) is 0 Å². The Morgan fingerprint density at radius 1 is 1.38 bits per heavy atom. The van der Waals surface area contributed by atoms with E-state index in [4.69, 9.17) is 5.73 Å². The first kappa shape index (κ1) is 13.9. The van der Waals surface area contributed by atoms with E-state index in [0.29, 0.717) is 43.3 Å². The van der Waals surface area contributed by atoms with E-state index in [9.17, 15) is 8.78 Å². The summed E-state index contributed by atoms with van der Waals surface area (Å²) in [6, 6.07) is 3.17. The smallest absolute Gasteiger partial charge is 0.221 e. The maximum absolute atomic E-state index is 14.0. The Labute approximate surface area is 121 Å². The molecule has 1 aromatic heterocycles. The summed E-state index contributed by atoms with van der Waals surface area (Å²) in [4.78, 5) is 4.39. The molecular formula is C14H17F2N5. The number of anilines is 1. The summed E-state index contributed by atoms with van der Waals surface area (Å²) < 4.78 is 29.0. The van der Waals surface area contributed by atoms with Gasteiger partial charge in [0, 0.05) is 18.5 Å².